The highest BCUT2D eigenvalue weighted by molar-refractivity contribution is 6.34. The predicted molar refractivity (Wildman–Crippen MR) is 58.8 cm³/mol. The van der Waals surface area contributed by atoms with Gasteiger partial charge in [0.2, 0.25) is 0 Å². The molecule has 4 nitrogen and oxygen atoms in total. The van der Waals surface area contributed by atoms with Gasteiger partial charge < -0.3 is 5.11 Å². The van der Waals surface area contributed by atoms with E-state index in [0.717, 1.165) is 0 Å². The molecule has 2 aromatic heterocycles. The molecule has 0 fully saturated rings. The first-order chi connectivity index (χ1) is 6.68. The topological polar surface area (TPSA) is 63.1 Å². The summed E-state index contributed by atoms with van der Waals surface area (Å²) in [5.74, 6) is -1.10. The summed E-state index contributed by atoms with van der Waals surface area (Å²) < 4.78 is 0. The summed E-state index contributed by atoms with van der Waals surface area (Å²) in [5.41, 5.74) is 0.440. The van der Waals surface area contributed by atoms with E-state index in [4.69, 9.17) is 16.7 Å². The fraction of sp³-hybridized carbons (Fsp3) is 0. The number of hydrogen-bond donors (Lipinski definition) is 1. The molecule has 0 aliphatic carbocycles. The number of aromatic carboxylic acids is 1. The van der Waals surface area contributed by atoms with Crippen molar-refractivity contribution in [2.24, 2.45) is 0 Å². The molecule has 0 unspecified atom stereocenters. The van der Waals surface area contributed by atoms with Crippen LogP contribution in [-0.4, -0.2) is 21.0 Å². The van der Waals surface area contributed by atoms with Crippen molar-refractivity contribution in [3.8, 4) is 0 Å². The van der Waals surface area contributed by atoms with E-state index in [1.807, 2.05) is 0 Å². The van der Waals surface area contributed by atoms with Crippen LogP contribution in [0.15, 0.2) is 24.4 Å². The highest BCUT2D eigenvalue weighted by Gasteiger charge is 2.09. The second-order valence-electron chi connectivity index (χ2n) is 2.68. The molecule has 0 saturated carbocycles. The fourth-order valence-electron chi connectivity index (χ4n) is 1.15. The first-order valence-electron chi connectivity index (χ1n) is 3.83. The van der Waals surface area contributed by atoms with Crippen LogP contribution >= 0.6 is 24.0 Å². The minimum Gasteiger partial charge on any atom is -0.477 e. The van der Waals surface area contributed by atoms with Gasteiger partial charge in [0, 0.05) is 11.6 Å². The van der Waals surface area contributed by atoms with Gasteiger partial charge in [0.1, 0.15) is 5.52 Å². The van der Waals surface area contributed by atoms with Gasteiger partial charge in [0.25, 0.3) is 0 Å². The van der Waals surface area contributed by atoms with Crippen molar-refractivity contribution in [1.82, 2.24) is 9.97 Å². The maximum Gasteiger partial charge on any atom is 0.354 e. The number of carbonyl (C=O) groups is 1. The molecule has 0 spiro atoms. The zero-order valence-electron chi connectivity index (χ0n) is 7.35. The minimum atomic E-state index is -1.10. The van der Waals surface area contributed by atoms with Crippen molar-refractivity contribution in [3.05, 3.63) is 35.2 Å². The van der Waals surface area contributed by atoms with E-state index in [0.29, 0.717) is 10.9 Å². The van der Waals surface area contributed by atoms with Gasteiger partial charge in [0.05, 0.1) is 0 Å². The number of fused-ring (bicyclic) bond motifs is 1. The van der Waals surface area contributed by atoms with Crippen molar-refractivity contribution >= 4 is 40.9 Å². The highest BCUT2D eigenvalue weighted by atomic mass is 35.5. The van der Waals surface area contributed by atoms with Crippen LogP contribution in [0.5, 0.6) is 0 Å². The number of nitrogens with zero attached hydrogens (tertiary/aromatic N) is 2. The molecule has 15 heavy (non-hydrogen) atoms. The first kappa shape index (κ1) is 11.7. The van der Waals surface area contributed by atoms with E-state index < -0.39 is 5.97 Å². The van der Waals surface area contributed by atoms with E-state index in [9.17, 15) is 4.79 Å². The molecule has 0 amide bonds. The molecule has 2 aromatic rings. The number of carboxylic acid groups (broad SMARTS) is 1. The third kappa shape index (κ3) is 2.16. The summed E-state index contributed by atoms with van der Waals surface area (Å²) in [4.78, 5) is 18.4. The van der Waals surface area contributed by atoms with Crippen LogP contribution in [0.3, 0.4) is 0 Å². The summed E-state index contributed by atoms with van der Waals surface area (Å²) in [6.45, 7) is 0. The van der Waals surface area contributed by atoms with Crippen molar-refractivity contribution in [2.75, 3.05) is 0 Å². The molecule has 2 heterocycles. The average molecular weight is 245 g/mol. The van der Waals surface area contributed by atoms with Crippen LogP contribution in [0.4, 0.5) is 0 Å². The second-order valence-corrected chi connectivity index (χ2v) is 3.04. The second kappa shape index (κ2) is 4.42. The molecule has 78 valence electrons. The smallest absolute Gasteiger partial charge is 0.354 e. The number of pyridine rings is 2. The van der Waals surface area contributed by atoms with Gasteiger partial charge >= 0.3 is 5.97 Å². The average Bonchev–Trinajstić information content (AvgIpc) is 2.17. The number of halogens is 2. The van der Waals surface area contributed by atoms with Crippen LogP contribution < -0.4 is 0 Å². The van der Waals surface area contributed by atoms with E-state index in [-0.39, 0.29) is 23.3 Å². The van der Waals surface area contributed by atoms with E-state index in [1.165, 1.54) is 6.07 Å². The Hall–Kier alpha value is -1.39. The molecule has 0 saturated heterocycles. The van der Waals surface area contributed by atoms with Crippen LogP contribution in [-0.2, 0) is 0 Å². The van der Waals surface area contributed by atoms with Crippen molar-refractivity contribution in [2.45, 2.75) is 0 Å². The van der Waals surface area contributed by atoms with Gasteiger partial charge in [-0.3, -0.25) is 4.98 Å². The van der Waals surface area contributed by atoms with Crippen molar-refractivity contribution in [1.29, 1.82) is 0 Å². The van der Waals surface area contributed by atoms with E-state index in [1.54, 1.807) is 18.3 Å². The van der Waals surface area contributed by atoms with E-state index >= 15 is 0 Å². The van der Waals surface area contributed by atoms with Crippen LogP contribution in [0.25, 0.3) is 10.9 Å². The molecule has 0 aromatic carbocycles. The summed E-state index contributed by atoms with van der Waals surface area (Å²) in [5, 5.41) is 9.51. The zero-order valence-corrected chi connectivity index (χ0v) is 8.92. The fourth-order valence-corrected chi connectivity index (χ4v) is 1.40. The van der Waals surface area contributed by atoms with Gasteiger partial charge in [0.15, 0.2) is 10.8 Å². The Bertz CT molecular complexity index is 516. The monoisotopic (exact) mass is 244 g/mol. The van der Waals surface area contributed by atoms with Crippen LogP contribution in [0.2, 0.25) is 5.15 Å². The van der Waals surface area contributed by atoms with Gasteiger partial charge in [-0.1, -0.05) is 17.7 Å². The SMILES string of the molecule is Cl.O=C(O)c1cc2cccnc2c(Cl)n1. The van der Waals surface area contributed by atoms with Crippen LogP contribution in [0, 0.1) is 0 Å². The molecule has 0 aliphatic rings. The molecule has 2 rings (SSSR count). The number of rotatable bonds is 1. The summed E-state index contributed by atoms with van der Waals surface area (Å²) in [6.07, 6.45) is 1.58. The van der Waals surface area contributed by atoms with Gasteiger partial charge in [-0.2, -0.15) is 0 Å². The molecule has 1 N–H and O–H groups in total. The lowest BCUT2D eigenvalue weighted by Gasteiger charge is -1.99. The molecule has 6 heteroatoms. The number of carboxylic acids is 1. The Morgan fingerprint density at radius 3 is 2.87 bits per heavy atom. The largest absolute Gasteiger partial charge is 0.477 e. The normalized spacial score (nSPS) is 9.67. The van der Waals surface area contributed by atoms with E-state index in [2.05, 4.69) is 9.97 Å². The zero-order chi connectivity index (χ0) is 10.1. The first-order valence-corrected chi connectivity index (χ1v) is 4.21. The Labute approximate surface area is 96.3 Å². The van der Waals surface area contributed by atoms with Crippen LogP contribution in [0.1, 0.15) is 10.5 Å². The number of aromatic nitrogens is 2. The molecule has 0 aliphatic heterocycles. The van der Waals surface area contributed by atoms with Gasteiger partial charge in [-0.15, -0.1) is 12.4 Å². The highest BCUT2D eigenvalue weighted by Crippen LogP contribution is 2.19. The summed E-state index contributed by atoms with van der Waals surface area (Å²) >= 11 is 5.77. The van der Waals surface area contributed by atoms with Crippen molar-refractivity contribution < 1.29 is 9.90 Å². The Morgan fingerprint density at radius 2 is 2.20 bits per heavy atom. The third-order valence-corrected chi connectivity index (χ3v) is 2.03. The molecule has 0 bridgehead atoms. The van der Waals surface area contributed by atoms with Crippen molar-refractivity contribution in [3.63, 3.8) is 0 Å². The lowest BCUT2D eigenvalue weighted by atomic mass is 10.2. The quantitative estimate of drug-likeness (QED) is 0.783. The molecular formula is C9H6Cl2N2O2. The van der Waals surface area contributed by atoms with Gasteiger partial charge in [-0.05, 0) is 12.1 Å². The predicted octanol–water partition coefficient (Wildman–Crippen LogP) is 2.40. The maximum atomic E-state index is 10.7. The molecule has 0 radical (unpaired) electrons. The maximum absolute atomic E-state index is 10.7. The summed E-state index contributed by atoms with van der Waals surface area (Å²) in [7, 11) is 0. The lowest BCUT2D eigenvalue weighted by molar-refractivity contribution is 0.0690. The minimum absolute atomic E-state index is 0. The number of hydrogen-bond acceptors (Lipinski definition) is 3. The molecule has 0 atom stereocenters. The third-order valence-electron chi connectivity index (χ3n) is 1.76. The standard InChI is InChI=1S/C9H5ClN2O2.ClH/c10-8-7-5(2-1-3-11-7)4-6(12-8)9(13)14;/h1-4H,(H,13,14);1H. The Morgan fingerprint density at radius 1 is 1.47 bits per heavy atom. The van der Waals surface area contributed by atoms with Gasteiger partial charge in [-0.25, -0.2) is 9.78 Å². The molecular weight excluding hydrogens is 239 g/mol. The lowest BCUT2D eigenvalue weighted by Crippen LogP contribution is -2.00. The Balaban J connectivity index is 0.00000112. The summed E-state index contributed by atoms with van der Waals surface area (Å²) in [6, 6.07) is 4.89. The Kier molecular flexibility index (Phi) is 3.44.